The minimum atomic E-state index is 0. The van der Waals surface area contributed by atoms with Gasteiger partial charge in [-0.1, -0.05) is 0 Å². The van der Waals surface area contributed by atoms with E-state index in [1.165, 1.54) is 0 Å². The summed E-state index contributed by atoms with van der Waals surface area (Å²) in [7, 11) is 1.87. The molecular weight excluding hydrogens is 299 g/mol. The van der Waals surface area contributed by atoms with Crippen LogP contribution in [0.1, 0.15) is 41.4 Å². The largest absolute Gasteiger partial charge is 0.340 e. The fraction of sp³-hybridized carbons (Fsp3) is 0.692. The van der Waals surface area contributed by atoms with Gasteiger partial charge in [-0.2, -0.15) is 5.10 Å². The van der Waals surface area contributed by atoms with Gasteiger partial charge in [0.2, 0.25) is 0 Å². The molecule has 0 unspecified atom stereocenters. The van der Waals surface area contributed by atoms with Crippen molar-refractivity contribution in [1.82, 2.24) is 20.0 Å². The summed E-state index contributed by atoms with van der Waals surface area (Å²) in [4.78, 5) is 14.0. The van der Waals surface area contributed by atoms with E-state index in [2.05, 4.69) is 10.4 Å². The lowest BCUT2D eigenvalue weighted by molar-refractivity contribution is 0.0796. The molecule has 0 atom stereocenters. The molecule has 1 aromatic rings. The Morgan fingerprint density at radius 1 is 1.25 bits per heavy atom. The van der Waals surface area contributed by atoms with E-state index in [0.717, 1.165) is 56.8 Å². The molecule has 3 rings (SSSR count). The van der Waals surface area contributed by atoms with Crippen molar-refractivity contribution < 1.29 is 4.79 Å². The maximum atomic E-state index is 12.2. The fourth-order valence-electron chi connectivity index (χ4n) is 2.85. The molecule has 1 amide bonds. The smallest absolute Gasteiger partial charge is 0.271 e. The van der Waals surface area contributed by atoms with Crippen molar-refractivity contribution in [1.29, 1.82) is 0 Å². The fourth-order valence-corrected chi connectivity index (χ4v) is 2.85. The number of nitrogens with zero attached hydrogens (tertiary/aromatic N) is 3. The molecule has 0 aliphatic carbocycles. The predicted molar refractivity (Wildman–Crippen MR) is 83.1 cm³/mol. The Morgan fingerprint density at radius 2 is 1.95 bits per heavy atom. The number of aromatic nitrogens is 2. The topological polar surface area (TPSA) is 50.2 Å². The number of hydrogen-bond acceptors (Lipinski definition) is 3. The van der Waals surface area contributed by atoms with E-state index in [0.29, 0.717) is 5.92 Å². The number of aryl methyl sites for hydroxylation is 1. The summed E-state index contributed by atoms with van der Waals surface area (Å²) in [5, 5.41) is 8.02. The molecule has 114 valence electrons. The van der Waals surface area contributed by atoms with E-state index in [1.54, 1.807) is 4.90 Å². The molecule has 2 aliphatic heterocycles. The molecule has 3 heterocycles. The lowest BCUT2D eigenvalue weighted by Gasteiger charge is -2.20. The molecule has 1 fully saturated rings. The van der Waals surface area contributed by atoms with Crippen molar-refractivity contribution in [2.45, 2.75) is 31.7 Å². The summed E-state index contributed by atoms with van der Waals surface area (Å²) in [6.45, 7) is 3.79. The Labute approximate surface area is 131 Å². The van der Waals surface area contributed by atoms with Gasteiger partial charge in [0.25, 0.3) is 5.91 Å². The predicted octanol–water partition coefficient (Wildman–Crippen LogP) is 1.67. The van der Waals surface area contributed by atoms with Gasteiger partial charge >= 0.3 is 0 Å². The number of amides is 1. The lowest BCUT2D eigenvalue weighted by Crippen LogP contribution is -2.27. The Kier molecular flexibility index (Phi) is 6.30. The summed E-state index contributed by atoms with van der Waals surface area (Å²) in [6, 6.07) is 2.01. The van der Waals surface area contributed by atoms with Crippen LogP contribution in [-0.4, -0.2) is 47.3 Å². The summed E-state index contributed by atoms with van der Waals surface area (Å²) in [5.41, 5.74) is 1.87. The van der Waals surface area contributed by atoms with Gasteiger partial charge in [0.1, 0.15) is 5.69 Å². The van der Waals surface area contributed by atoms with Crippen LogP contribution in [0.2, 0.25) is 0 Å². The molecule has 1 aromatic heterocycles. The van der Waals surface area contributed by atoms with Crippen molar-refractivity contribution in [2.24, 2.45) is 0 Å². The standard InChI is InChI=1S/C13H20N4O.2ClH/c1-16-7-2-8-17-12(13(16)18)9-11(15-17)10-3-5-14-6-4-10;;/h9-10,14H,2-8H2,1H3;2*1H. The van der Waals surface area contributed by atoms with Crippen LogP contribution in [0.4, 0.5) is 0 Å². The van der Waals surface area contributed by atoms with Crippen molar-refractivity contribution in [3.63, 3.8) is 0 Å². The van der Waals surface area contributed by atoms with Gasteiger partial charge < -0.3 is 10.2 Å². The minimum Gasteiger partial charge on any atom is -0.340 e. The highest BCUT2D eigenvalue weighted by atomic mass is 35.5. The number of carbonyl (C=O) groups excluding carboxylic acids is 1. The number of halogens is 2. The highest BCUT2D eigenvalue weighted by Crippen LogP contribution is 2.25. The third-order valence-corrected chi connectivity index (χ3v) is 3.99. The van der Waals surface area contributed by atoms with Crippen LogP contribution in [0.25, 0.3) is 0 Å². The molecule has 0 bridgehead atoms. The molecule has 2 aliphatic rings. The summed E-state index contributed by atoms with van der Waals surface area (Å²) >= 11 is 0. The van der Waals surface area contributed by atoms with Crippen molar-refractivity contribution in [2.75, 3.05) is 26.7 Å². The van der Waals surface area contributed by atoms with Crippen LogP contribution in [-0.2, 0) is 6.54 Å². The molecule has 7 heteroatoms. The van der Waals surface area contributed by atoms with E-state index in [1.807, 2.05) is 17.8 Å². The number of nitrogens with one attached hydrogen (secondary N) is 1. The third kappa shape index (κ3) is 3.27. The number of rotatable bonds is 1. The van der Waals surface area contributed by atoms with Crippen LogP contribution < -0.4 is 5.32 Å². The molecular formula is C13H22Cl2N4O. The highest BCUT2D eigenvalue weighted by Gasteiger charge is 2.25. The SMILES string of the molecule is CN1CCCn2nc(C3CCNCC3)cc2C1=O.Cl.Cl. The molecule has 5 nitrogen and oxygen atoms in total. The zero-order chi connectivity index (χ0) is 12.5. The second-order valence-corrected chi connectivity index (χ2v) is 5.28. The van der Waals surface area contributed by atoms with E-state index >= 15 is 0 Å². The van der Waals surface area contributed by atoms with Gasteiger partial charge in [-0.15, -0.1) is 24.8 Å². The normalized spacial score (nSPS) is 19.6. The monoisotopic (exact) mass is 320 g/mol. The number of piperidine rings is 1. The maximum Gasteiger partial charge on any atom is 0.271 e. The first-order valence-electron chi connectivity index (χ1n) is 6.79. The zero-order valence-corrected chi connectivity index (χ0v) is 13.3. The van der Waals surface area contributed by atoms with Gasteiger partial charge in [-0.25, -0.2) is 0 Å². The summed E-state index contributed by atoms with van der Waals surface area (Å²) < 4.78 is 1.91. The molecule has 0 radical (unpaired) electrons. The highest BCUT2D eigenvalue weighted by molar-refractivity contribution is 5.92. The summed E-state index contributed by atoms with van der Waals surface area (Å²) in [6.07, 6.45) is 3.24. The first-order valence-corrected chi connectivity index (χ1v) is 6.79. The van der Waals surface area contributed by atoms with Gasteiger partial charge in [-0.05, 0) is 38.4 Å². The third-order valence-electron chi connectivity index (χ3n) is 3.99. The Bertz CT molecular complexity index is 457. The number of fused-ring (bicyclic) bond motifs is 1. The van der Waals surface area contributed by atoms with Crippen LogP contribution in [0.3, 0.4) is 0 Å². The lowest BCUT2D eigenvalue weighted by atomic mass is 9.94. The van der Waals surface area contributed by atoms with Crippen LogP contribution in [0.5, 0.6) is 0 Å². The average Bonchev–Trinajstić information content (AvgIpc) is 2.78. The molecule has 20 heavy (non-hydrogen) atoms. The maximum absolute atomic E-state index is 12.2. The molecule has 0 aromatic carbocycles. The average molecular weight is 321 g/mol. The molecule has 1 saturated heterocycles. The van der Waals surface area contributed by atoms with Gasteiger partial charge in [0, 0.05) is 26.1 Å². The summed E-state index contributed by atoms with van der Waals surface area (Å²) in [5.74, 6) is 0.629. The second-order valence-electron chi connectivity index (χ2n) is 5.28. The van der Waals surface area contributed by atoms with Crippen molar-refractivity contribution in [3.8, 4) is 0 Å². The number of hydrogen-bond donors (Lipinski definition) is 1. The minimum absolute atomic E-state index is 0. The van der Waals surface area contributed by atoms with Gasteiger partial charge in [-0.3, -0.25) is 9.48 Å². The van der Waals surface area contributed by atoms with E-state index in [9.17, 15) is 4.79 Å². The molecule has 0 spiro atoms. The van der Waals surface area contributed by atoms with E-state index in [-0.39, 0.29) is 30.7 Å². The van der Waals surface area contributed by atoms with Crippen molar-refractivity contribution >= 4 is 30.7 Å². The number of carbonyl (C=O) groups is 1. The van der Waals surface area contributed by atoms with Crippen LogP contribution >= 0.6 is 24.8 Å². The van der Waals surface area contributed by atoms with E-state index < -0.39 is 0 Å². The van der Waals surface area contributed by atoms with Gasteiger partial charge in [0.05, 0.1) is 5.69 Å². The quantitative estimate of drug-likeness (QED) is 0.856. The van der Waals surface area contributed by atoms with Gasteiger partial charge in [0.15, 0.2) is 0 Å². The van der Waals surface area contributed by atoms with Crippen LogP contribution in [0, 0.1) is 0 Å². The molecule has 1 N–H and O–H groups in total. The second kappa shape index (κ2) is 7.29. The Morgan fingerprint density at radius 3 is 2.65 bits per heavy atom. The Balaban J connectivity index is 0.000001000. The zero-order valence-electron chi connectivity index (χ0n) is 11.7. The molecule has 0 saturated carbocycles. The van der Waals surface area contributed by atoms with E-state index in [4.69, 9.17) is 0 Å². The van der Waals surface area contributed by atoms with Crippen molar-refractivity contribution in [3.05, 3.63) is 17.5 Å². The van der Waals surface area contributed by atoms with Crippen LogP contribution in [0.15, 0.2) is 6.07 Å². The first kappa shape index (κ1) is 17.3. The Hall–Kier alpha value is -0.780. The first-order chi connectivity index (χ1) is 8.75.